The highest BCUT2D eigenvalue weighted by Gasteiger charge is 2.27. The fourth-order valence-corrected chi connectivity index (χ4v) is 2.54. The highest BCUT2D eigenvalue weighted by molar-refractivity contribution is 8.19. The smallest absolute Gasteiger partial charge is 0.205 e. The van der Waals surface area contributed by atoms with Crippen LogP contribution in [0.2, 0.25) is 0 Å². The molecule has 9 heavy (non-hydrogen) atoms. The van der Waals surface area contributed by atoms with Crippen LogP contribution in [0.3, 0.4) is 0 Å². The summed E-state index contributed by atoms with van der Waals surface area (Å²) >= 11 is 0. The van der Waals surface area contributed by atoms with Crippen molar-refractivity contribution in [2.24, 2.45) is 0 Å². The van der Waals surface area contributed by atoms with Crippen LogP contribution in [0.25, 0.3) is 0 Å². The molecule has 0 radical (unpaired) electrons. The summed E-state index contributed by atoms with van der Waals surface area (Å²) in [5.41, 5.74) is 0. The molecule has 0 bridgehead atoms. The van der Waals surface area contributed by atoms with E-state index in [-0.39, 0.29) is 0 Å². The molecule has 0 saturated carbocycles. The Morgan fingerprint density at radius 2 is 1.56 bits per heavy atom. The first-order valence-corrected chi connectivity index (χ1v) is 6.75. The summed E-state index contributed by atoms with van der Waals surface area (Å²) < 4.78 is 10.6. The molecule has 0 heterocycles. The lowest BCUT2D eigenvalue weighted by atomic mass is 10.9. The maximum atomic E-state index is 5.32. The van der Waals surface area contributed by atoms with Crippen LogP contribution in [0, 0.1) is 0 Å². The van der Waals surface area contributed by atoms with Crippen molar-refractivity contribution in [1.29, 1.82) is 0 Å². The summed E-state index contributed by atoms with van der Waals surface area (Å²) in [6.45, 7) is 7.40. The molecule has 0 amide bonds. The van der Waals surface area contributed by atoms with Gasteiger partial charge in [0.2, 0.25) is 0 Å². The van der Waals surface area contributed by atoms with E-state index in [0.717, 1.165) is 13.2 Å². The van der Waals surface area contributed by atoms with E-state index in [4.69, 9.17) is 9.05 Å². The van der Waals surface area contributed by atoms with Gasteiger partial charge in [-0.05, 0) is 13.8 Å². The monoisotopic (exact) mass is 169 g/mol. The Morgan fingerprint density at radius 1 is 1.22 bits per heavy atom. The SMILES string of the molecule is CCO[P+](C)(P)OCC. The third-order valence-corrected chi connectivity index (χ3v) is 3.21. The van der Waals surface area contributed by atoms with E-state index in [0.29, 0.717) is 0 Å². The summed E-state index contributed by atoms with van der Waals surface area (Å²) in [5, 5.41) is 0. The number of rotatable bonds is 4. The fraction of sp³-hybridized carbons (Fsp3) is 1.00. The normalized spacial score (nSPS) is 12.0. The highest BCUT2D eigenvalue weighted by Crippen LogP contribution is 2.65. The molecule has 0 saturated heterocycles. The molecular weight excluding hydrogens is 154 g/mol. The molecule has 0 aliphatic heterocycles. The van der Waals surface area contributed by atoms with Gasteiger partial charge in [0, 0.05) is 0 Å². The lowest BCUT2D eigenvalue weighted by molar-refractivity contribution is 0.268. The summed E-state index contributed by atoms with van der Waals surface area (Å²) in [6.07, 6.45) is 0. The van der Waals surface area contributed by atoms with Crippen LogP contribution in [0.1, 0.15) is 13.8 Å². The van der Waals surface area contributed by atoms with Crippen molar-refractivity contribution in [3.63, 3.8) is 0 Å². The summed E-state index contributed by atoms with van der Waals surface area (Å²) in [4.78, 5) is 0. The van der Waals surface area contributed by atoms with Crippen molar-refractivity contribution >= 4 is 16.3 Å². The van der Waals surface area contributed by atoms with Gasteiger partial charge in [-0.1, -0.05) is 0 Å². The lowest BCUT2D eigenvalue weighted by Crippen LogP contribution is -1.94. The summed E-state index contributed by atoms with van der Waals surface area (Å²) in [7, 11) is 1.10. The van der Waals surface area contributed by atoms with Crippen LogP contribution < -0.4 is 0 Å². The molecule has 0 aromatic heterocycles. The molecule has 0 aromatic rings. The molecule has 0 rings (SSSR count). The molecule has 0 N–H and O–H groups in total. The van der Waals surface area contributed by atoms with Crippen LogP contribution in [0.5, 0.6) is 0 Å². The van der Waals surface area contributed by atoms with Gasteiger partial charge in [0.05, 0.1) is 22.1 Å². The van der Waals surface area contributed by atoms with E-state index < -0.39 is 7.40 Å². The second-order valence-electron chi connectivity index (χ2n) is 1.74. The molecule has 4 heteroatoms. The van der Waals surface area contributed by atoms with Crippen molar-refractivity contribution in [2.45, 2.75) is 13.8 Å². The Bertz CT molecular complexity index is 67.4. The van der Waals surface area contributed by atoms with Crippen molar-refractivity contribution in [3.8, 4) is 0 Å². The maximum Gasteiger partial charge on any atom is 0.282 e. The predicted octanol–water partition coefficient (Wildman–Crippen LogP) is 2.33. The second-order valence-corrected chi connectivity index (χ2v) is 6.89. The first-order valence-electron chi connectivity index (χ1n) is 3.06. The Morgan fingerprint density at radius 3 is 1.78 bits per heavy atom. The molecule has 0 aromatic carbocycles. The Labute approximate surface area is 59.9 Å². The van der Waals surface area contributed by atoms with E-state index in [1.54, 1.807) is 0 Å². The van der Waals surface area contributed by atoms with Gasteiger partial charge < -0.3 is 0 Å². The molecule has 56 valence electrons. The van der Waals surface area contributed by atoms with Crippen molar-refractivity contribution < 1.29 is 9.05 Å². The van der Waals surface area contributed by atoms with E-state index >= 15 is 0 Å². The Balaban J connectivity index is 3.43. The molecule has 1 unspecified atom stereocenters. The number of hydrogen-bond donors (Lipinski definition) is 0. The minimum Gasteiger partial charge on any atom is -0.205 e. The van der Waals surface area contributed by atoms with Gasteiger partial charge in [-0.15, -0.1) is 0 Å². The molecule has 0 spiro atoms. The second kappa shape index (κ2) is 4.57. The Hall–Kier alpha value is 0.780. The molecular formula is C5H15O2P2+. The zero-order chi connectivity index (χ0) is 7.33. The van der Waals surface area contributed by atoms with E-state index in [1.165, 1.54) is 0 Å². The minimum atomic E-state index is -1.53. The van der Waals surface area contributed by atoms with Gasteiger partial charge >= 0.3 is 0 Å². The van der Waals surface area contributed by atoms with Gasteiger partial charge in [-0.2, -0.15) is 0 Å². The first-order chi connectivity index (χ1) is 4.12. The van der Waals surface area contributed by atoms with E-state index in [2.05, 4.69) is 8.93 Å². The highest BCUT2D eigenvalue weighted by atomic mass is 32.1. The van der Waals surface area contributed by atoms with Gasteiger partial charge in [0.1, 0.15) is 6.66 Å². The van der Waals surface area contributed by atoms with Crippen LogP contribution in [-0.2, 0) is 9.05 Å². The quantitative estimate of drug-likeness (QED) is 0.601. The molecule has 1 atom stereocenters. The fourth-order valence-electron chi connectivity index (χ4n) is 0.550. The van der Waals surface area contributed by atoms with Crippen molar-refractivity contribution in [1.82, 2.24) is 0 Å². The molecule has 2 nitrogen and oxygen atoms in total. The lowest BCUT2D eigenvalue weighted by Gasteiger charge is -2.12. The third-order valence-electron chi connectivity index (χ3n) is 0.771. The zero-order valence-corrected chi connectivity index (χ0v) is 8.30. The van der Waals surface area contributed by atoms with Crippen molar-refractivity contribution in [2.75, 3.05) is 19.9 Å². The predicted molar refractivity (Wildman–Crippen MR) is 45.8 cm³/mol. The molecule has 0 aliphatic carbocycles. The largest absolute Gasteiger partial charge is 0.282 e. The maximum absolute atomic E-state index is 5.32. The van der Waals surface area contributed by atoms with Crippen LogP contribution >= 0.6 is 16.3 Å². The summed E-state index contributed by atoms with van der Waals surface area (Å²) in [5.74, 6) is 0. The van der Waals surface area contributed by atoms with E-state index in [1.807, 2.05) is 20.5 Å². The Kier molecular flexibility index (Phi) is 4.97. The number of hydrogen-bond acceptors (Lipinski definition) is 2. The molecule has 0 fully saturated rings. The van der Waals surface area contributed by atoms with Crippen LogP contribution in [0.4, 0.5) is 0 Å². The zero-order valence-electron chi connectivity index (χ0n) is 6.26. The topological polar surface area (TPSA) is 18.5 Å². The standard InChI is InChI=1S/C5H15O2P2/c1-4-6-9(3,8)7-5-2/h4-5,8H2,1-3H3/q+1. The minimum absolute atomic E-state index is 0.730. The third kappa shape index (κ3) is 5.24. The van der Waals surface area contributed by atoms with Crippen LogP contribution in [0.15, 0.2) is 0 Å². The van der Waals surface area contributed by atoms with Gasteiger partial charge in [0.15, 0.2) is 0 Å². The van der Waals surface area contributed by atoms with Gasteiger partial charge in [-0.3, -0.25) is 0 Å². The molecule has 0 aliphatic rings. The van der Waals surface area contributed by atoms with Gasteiger partial charge in [0.25, 0.3) is 7.40 Å². The van der Waals surface area contributed by atoms with Gasteiger partial charge in [-0.25, -0.2) is 9.05 Å². The van der Waals surface area contributed by atoms with Crippen LogP contribution in [-0.4, -0.2) is 19.9 Å². The van der Waals surface area contributed by atoms with E-state index in [9.17, 15) is 0 Å². The van der Waals surface area contributed by atoms with Crippen molar-refractivity contribution in [3.05, 3.63) is 0 Å². The first kappa shape index (κ1) is 9.78. The average Bonchev–Trinajstić information content (AvgIpc) is 1.64. The summed E-state index contributed by atoms with van der Waals surface area (Å²) in [6, 6.07) is 0. The average molecular weight is 169 g/mol.